The fourth-order valence-electron chi connectivity index (χ4n) is 5.63. The van der Waals surface area contributed by atoms with Crippen LogP contribution >= 0.6 is 11.6 Å². The van der Waals surface area contributed by atoms with E-state index in [9.17, 15) is 18.0 Å². The summed E-state index contributed by atoms with van der Waals surface area (Å²) in [5.74, 6) is 0.396. The van der Waals surface area contributed by atoms with Gasteiger partial charge in [0.15, 0.2) is 0 Å². The van der Waals surface area contributed by atoms with Crippen LogP contribution in [0.15, 0.2) is 109 Å². The van der Waals surface area contributed by atoms with Crippen LogP contribution in [0, 0.1) is 0 Å². The van der Waals surface area contributed by atoms with E-state index in [0.29, 0.717) is 22.2 Å². The lowest BCUT2D eigenvalue weighted by Gasteiger charge is -2.34. The second-order valence-corrected chi connectivity index (χ2v) is 13.9. The minimum atomic E-state index is -3.89. The van der Waals surface area contributed by atoms with Gasteiger partial charge in [-0.25, -0.2) is 8.42 Å². The van der Waals surface area contributed by atoms with Crippen LogP contribution in [0.2, 0.25) is 5.02 Å². The number of benzene rings is 4. The maximum atomic E-state index is 14.3. The fourth-order valence-corrected chi connectivity index (χ4v) is 6.60. The molecule has 0 spiro atoms. The Morgan fingerprint density at radius 2 is 1.41 bits per heavy atom. The Morgan fingerprint density at radius 1 is 0.826 bits per heavy atom. The molecule has 2 amide bonds. The Balaban J connectivity index is 1.45. The minimum Gasteiger partial charge on any atom is -0.457 e. The van der Waals surface area contributed by atoms with Crippen molar-refractivity contribution in [2.45, 2.75) is 50.7 Å². The summed E-state index contributed by atoms with van der Waals surface area (Å²) >= 11 is 6.14. The number of rotatable bonds is 13. The van der Waals surface area contributed by atoms with Crippen molar-refractivity contribution in [1.82, 2.24) is 10.2 Å². The van der Waals surface area contributed by atoms with Gasteiger partial charge in [-0.1, -0.05) is 85.1 Å². The van der Waals surface area contributed by atoms with E-state index in [2.05, 4.69) is 5.32 Å². The number of hydrogen-bond acceptors (Lipinski definition) is 5. The van der Waals surface area contributed by atoms with Crippen LogP contribution in [0.5, 0.6) is 11.5 Å². The molecule has 8 nitrogen and oxygen atoms in total. The molecule has 0 radical (unpaired) electrons. The zero-order valence-corrected chi connectivity index (χ0v) is 27.3. The molecule has 1 aliphatic carbocycles. The summed E-state index contributed by atoms with van der Waals surface area (Å²) in [7, 11) is -3.89. The molecule has 0 saturated heterocycles. The van der Waals surface area contributed by atoms with Gasteiger partial charge in [0.1, 0.15) is 24.1 Å². The lowest BCUT2D eigenvalue weighted by molar-refractivity contribution is -0.140. The van der Waals surface area contributed by atoms with Gasteiger partial charge < -0.3 is 15.0 Å². The van der Waals surface area contributed by atoms with Crippen molar-refractivity contribution in [2.75, 3.05) is 17.1 Å². The predicted octanol–water partition coefficient (Wildman–Crippen LogP) is 6.60. The summed E-state index contributed by atoms with van der Waals surface area (Å²) in [6, 6.07) is 31.5. The Hall–Kier alpha value is -4.34. The molecular formula is C36H38ClN3O5S. The third-order valence-corrected chi connectivity index (χ3v) is 9.41. The molecular weight excluding hydrogens is 622 g/mol. The van der Waals surface area contributed by atoms with E-state index in [1.807, 2.05) is 60.7 Å². The normalized spacial score (nSPS) is 14.0. The van der Waals surface area contributed by atoms with Crippen molar-refractivity contribution in [2.24, 2.45) is 0 Å². The first-order chi connectivity index (χ1) is 22.2. The predicted molar refractivity (Wildman–Crippen MR) is 181 cm³/mol. The van der Waals surface area contributed by atoms with Crippen LogP contribution in [0.25, 0.3) is 0 Å². The number of ether oxygens (including phenoxy) is 1. The maximum Gasteiger partial charge on any atom is 0.244 e. The number of hydrogen-bond donors (Lipinski definition) is 1. The largest absolute Gasteiger partial charge is 0.457 e. The summed E-state index contributed by atoms with van der Waals surface area (Å²) in [6.07, 6.45) is 5.19. The molecule has 0 heterocycles. The van der Waals surface area contributed by atoms with Gasteiger partial charge in [0, 0.05) is 24.0 Å². The lowest BCUT2D eigenvalue weighted by atomic mass is 10.0. The molecule has 5 rings (SSSR count). The topological polar surface area (TPSA) is 96.0 Å². The fraction of sp³-hybridized carbons (Fsp3) is 0.278. The zero-order valence-electron chi connectivity index (χ0n) is 25.7. The van der Waals surface area contributed by atoms with Crippen LogP contribution < -0.4 is 14.4 Å². The molecule has 0 bridgehead atoms. The Labute approximate surface area is 276 Å². The maximum absolute atomic E-state index is 14.3. The molecule has 1 fully saturated rings. The summed E-state index contributed by atoms with van der Waals surface area (Å²) in [6.45, 7) is -0.402. The molecule has 0 aromatic heterocycles. The number of halogens is 1. The standard InChI is InChI=1S/C36H38ClN3O5S/c1-46(43,44)40(31-20-22-33(23-21-31)45-32-14-6-3-7-15-32)26-35(41)39(25-28-16-18-29(37)19-17-28)34(24-27-10-4-2-5-11-27)36(42)38-30-12-8-9-13-30/h2-7,10-11,14-23,30,34H,8-9,12-13,24-26H2,1H3,(H,38,42). The first kappa shape index (κ1) is 33.0. The van der Waals surface area contributed by atoms with Crippen molar-refractivity contribution < 1.29 is 22.7 Å². The van der Waals surface area contributed by atoms with Crippen molar-refractivity contribution >= 4 is 39.1 Å². The zero-order chi connectivity index (χ0) is 32.5. The number of para-hydroxylation sites is 1. The Morgan fingerprint density at radius 3 is 2.02 bits per heavy atom. The quantitative estimate of drug-likeness (QED) is 0.175. The van der Waals surface area contributed by atoms with Gasteiger partial charge in [-0.2, -0.15) is 0 Å². The lowest BCUT2D eigenvalue weighted by Crippen LogP contribution is -2.54. The van der Waals surface area contributed by atoms with E-state index in [1.54, 1.807) is 48.5 Å². The van der Waals surface area contributed by atoms with Gasteiger partial charge in [-0.15, -0.1) is 0 Å². The van der Waals surface area contributed by atoms with Crippen molar-refractivity contribution in [3.8, 4) is 11.5 Å². The van der Waals surface area contributed by atoms with Crippen molar-refractivity contribution in [3.63, 3.8) is 0 Å². The van der Waals surface area contributed by atoms with Crippen LogP contribution in [0.3, 0.4) is 0 Å². The number of nitrogens with one attached hydrogen (secondary N) is 1. The van der Waals surface area contributed by atoms with E-state index >= 15 is 0 Å². The van der Waals surface area contributed by atoms with Crippen molar-refractivity contribution in [3.05, 3.63) is 125 Å². The third-order valence-electron chi connectivity index (χ3n) is 8.02. The highest BCUT2D eigenvalue weighted by Gasteiger charge is 2.34. The summed E-state index contributed by atoms with van der Waals surface area (Å²) < 4.78 is 33.2. The molecule has 4 aromatic carbocycles. The van der Waals surface area contributed by atoms with Crippen molar-refractivity contribution in [1.29, 1.82) is 0 Å². The second-order valence-electron chi connectivity index (χ2n) is 11.5. The number of nitrogens with zero attached hydrogens (tertiary/aromatic N) is 2. The van der Waals surface area contributed by atoms with Crippen LogP contribution in [-0.2, 0) is 32.6 Å². The van der Waals surface area contributed by atoms with Gasteiger partial charge in [0.25, 0.3) is 0 Å². The Bertz CT molecular complexity index is 1700. The van der Waals surface area contributed by atoms with E-state index in [4.69, 9.17) is 16.3 Å². The average Bonchev–Trinajstić information content (AvgIpc) is 3.56. The molecule has 1 saturated carbocycles. The van der Waals surface area contributed by atoms with Gasteiger partial charge in [0.2, 0.25) is 21.8 Å². The van der Waals surface area contributed by atoms with Crippen LogP contribution in [-0.4, -0.2) is 50.0 Å². The molecule has 240 valence electrons. The summed E-state index contributed by atoms with van der Waals surface area (Å²) in [5.41, 5.74) is 1.95. The number of carbonyl (C=O) groups excluding carboxylic acids is 2. The molecule has 1 unspecified atom stereocenters. The van der Waals surface area contributed by atoms with Gasteiger partial charge in [-0.3, -0.25) is 13.9 Å². The molecule has 0 aliphatic heterocycles. The average molecular weight is 660 g/mol. The molecule has 10 heteroatoms. The first-order valence-electron chi connectivity index (χ1n) is 15.3. The SMILES string of the molecule is CS(=O)(=O)N(CC(=O)N(Cc1ccc(Cl)cc1)C(Cc1ccccc1)C(=O)NC1CCCC1)c1ccc(Oc2ccccc2)cc1. The van der Waals surface area contributed by atoms with E-state index in [0.717, 1.165) is 47.4 Å². The number of carbonyl (C=O) groups is 2. The van der Waals surface area contributed by atoms with E-state index in [1.165, 1.54) is 4.90 Å². The highest BCUT2D eigenvalue weighted by molar-refractivity contribution is 7.92. The highest BCUT2D eigenvalue weighted by atomic mass is 35.5. The second kappa shape index (κ2) is 15.3. The van der Waals surface area contributed by atoms with Gasteiger partial charge in [0.05, 0.1) is 11.9 Å². The number of sulfonamides is 1. The third kappa shape index (κ3) is 9.11. The monoisotopic (exact) mass is 659 g/mol. The van der Waals surface area contributed by atoms with E-state index in [-0.39, 0.29) is 24.9 Å². The molecule has 1 N–H and O–H groups in total. The minimum absolute atomic E-state index is 0.0439. The first-order valence-corrected chi connectivity index (χ1v) is 17.6. The van der Waals surface area contributed by atoms with Crippen LogP contribution in [0.1, 0.15) is 36.8 Å². The molecule has 4 aromatic rings. The summed E-state index contributed by atoms with van der Waals surface area (Å²) in [5, 5.41) is 3.72. The van der Waals surface area contributed by atoms with Gasteiger partial charge >= 0.3 is 0 Å². The highest BCUT2D eigenvalue weighted by Crippen LogP contribution is 2.27. The van der Waals surface area contributed by atoms with E-state index < -0.39 is 28.5 Å². The van der Waals surface area contributed by atoms with Gasteiger partial charge in [-0.05, 0) is 72.5 Å². The molecule has 46 heavy (non-hydrogen) atoms. The summed E-state index contributed by atoms with van der Waals surface area (Å²) in [4.78, 5) is 29.8. The molecule has 1 aliphatic rings. The molecule has 1 atom stereocenters. The number of anilines is 1. The smallest absolute Gasteiger partial charge is 0.244 e. The number of amides is 2. The van der Waals surface area contributed by atoms with Crippen LogP contribution in [0.4, 0.5) is 5.69 Å². The Kier molecular flexibility index (Phi) is 11.0.